The predicted molar refractivity (Wildman–Crippen MR) is 91.8 cm³/mol. The number of fused-ring (bicyclic) bond motifs is 1. The topological polar surface area (TPSA) is 71.9 Å². The van der Waals surface area contributed by atoms with Crippen LogP contribution in [0.1, 0.15) is 16.6 Å². The summed E-state index contributed by atoms with van der Waals surface area (Å²) in [7, 11) is 0. The Bertz CT molecular complexity index is 942. The van der Waals surface area contributed by atoms with Crippen molar-refractivity contribution in [1.29, 1.82) is 0 Å². The highest BCUT2D eigenvalue weighted by Crippen LogP contribution is 2.39. The molecule has 1 atom stereocenters. The molecule has 0 N–H and O–H groups in total. The number of cyclic esters (lactones) is 1. The lowest BCUT2D eigenvalue weighted by Crippen LogP contribution is -2.36. The van der Waals surface area contributed by atoms with Crippen molar-refractivity contribution in [2.75, 3.05) is 6.61 Å². The minimum atomic E-state index is -0.688. The number of carbonyl (C=O) groups excluding carboxylic acids is 2. The number of aromatic nitrogens is 1. The van der Waals surface area contributed by atoms with Gasteiger partial charge < -0.3 is 4.74 Å². The van der Waals surface area contributed by atoms with Gasteiger partial charge in [0.15, 0.2) is 10.8 Å². The van der Waals surface area contributed by atoms with Gasteiger partial charge in [-0.15, -0.1) is 11.3 Å². The van der Waals surface area contributed by atoms with Crippen LogP contribution in [0.3, 0.4) is 0 Å². The average molecular weight is 422 g/mol. The third-order valence-electron chi connectivity index (χ3n) is 3.88. The quantitative estimate of drug-likeness (QED) is 0.711. The SMILES string of the molecule is O=CC1=C2COC(=O)N2C(c2nccs2)=NC1c1ccc(F)cc1Br. The van der Waals surface area contributed by atoms with Crippen LogP contribution in [0.4, 0.5) is 9.18 Å². The molecule has 1 aromatic heterocycles. The molecule has 0 spiro atoms. The molecule has 4 rings (SSSR count). The van der Waals surface area contributed by atoms with Crippen molar-refractivity contribution in [2.24, 2.45) is 4.99 Å². The van der Waals surface area contributed by atoms with E-state index in [-0.39, 0.29) is 6.61 Å². The van der Waals surface area contributed by atoms with Crippen molar-refractivity contribution in [3.63, 3.8) is 0 Å². The van der Waals surface area contributed by atoms with Gasteiger partial charge in [0.2, 0.25) is 0 Å². The Balaban J connectivity index is 1.92. The van der Waals surface area contributed by atoms with E-state index in [2.05, 4.69) is 25.9 Å². The Kier molecular flexibility index (Phi) is 3.97. The molecule has 2 aliphatic heterocycles. The van der Waals surface area contributed by atoms with Crippen LogP contribution in [-0.4, -0.2) is 34.7 Å². The Morgan fingerprint density at radius 2 is 2.28 bits per heavy atom. The van der Waals surface area contributed by atoms with Crippen molar-refractivity contribution in [2.45, 2.75) is 6.04 Å². The first kappa shape index (κ1) is 16.1. The highest BCUT2D eigenvalue weighted by Gasteiger charge is 2.41. The van der Waals surface area contributed by atoms with Gasteiger partial charge in [0.1, 0.15) is 24.8 Å². The number of carbonyl (C=O) groups is 2. The summed E-state index contributed by atoms with van der Waals surface area (Å²) in [5.41, 5.74) is 1.35. The van der Waals surface area contributed by atoms with Gasteiger partial charge in [0, 0.05) is 21.6 Å². The molecule has 0 aliphatic carbocycles. The van der Waals surface area contributed by atoms with E-state index in [0.717, 1.165) is 0 Å². The van der Waals surface area contributed by atoms with E-state index in [4.69, 9.17) is 4.74 Å². The van der Waals surface area contributed by atoms with Crippen LogP contribution in [0.15, 0.2) is 50.5 Å². The van der Waals surface area contributed by atoms with Crippen molar-refractivity contribution in [3.8, 4) is 0 Å². The Labute approximate surface area is 153 Å². The molecule has 0 radical (unpaired) electrons. The fraction of sp³-hybridized carbons (Fsp3) is 0.125. The van der Waals surface area contributed by atoms with E-state index in [1.165, 1.54) is 28.4 Å². The van der Waals surface area contributed by atoms with Gasteiger partial charge in [0.05, 0.1) is 5.70 Å². The lowest BCUT2D eigenvalue weighted by molar-refractivity contribution is -0.105. The molecule has 0 saturated carbocycles. The van der Waals surface area contributed by atoms with E-state index >= 15 is 0 Å². The molecule has 2 aromatic rings. The van der Waals surface area contributed by atoms with E-state index in [0.29, 0.717) is 38.4 Å². The largest absolute Gasteiger partial charge is 0.442 e. The number of nitrogens with zero attached hydrogens (tertiary/aromatic N) is 3. The van der Waals surface area contributed by atoms with Crippen LogP contribution in [0.2, 0.25) is 0 Å². The summed E-state index contributed by atoms with van der Waals surface area (Å²) >= 11 is 4.64. The number of rotatable bonds is 3. The van der Waals surface area contributed by atoms with Gasteiger partial charge >= 0.3 is 6.09 Å². The minimum absolute atomic E-state index is 0.0212. The van der Waals surface area contributed by atoms with Gasteiger partial charge in [-0.3, -0.25) is 9.79 Å². The number of halogens is 2. The van der Waals surface area contributed by atoms with Crippen molar-refractivity contribution < 1.29 is 18.7 Å². The second-order valence-electron chi connectivity index (χ2n) is 5.27. The molecule has 0 bridgehead atoms. The molecule has 1 fully saturated rings. The van der Waals surface area contributed by atoms with Crippen molar-refractivity contribution >= 4 is 45.5 Å². The lowest BCUT2D eigenvalue weighted by Gasteiger charge is -2.27. The molecule has 6 nitrogen and oxygen atoms in total. The van der Waals surface area contributed by atoms with Crippen LogP contribution in [0.5, 0.6) is 0 Å². The highest BCUT2D eigenvalue weighted by atomic mass is 79.9. The van der Waals surface area contributed by atoms with E-state index in [1.54, 1.807) is 17.6 Å². The average Bonchev–Trinajstić information content (AvgIpc) is 3.24. The van der Waals surface area contributed by atoms with Crippen LogP contribution >= 0.6 is 27.3 Å². The number of aliphatic imine (C=N–C) groups is 1. The molecular formula is C16H9BrFN3O3S. The number of amidine groups is 1. The zero-order valence-corrected chi connectivity index (χ0v) is 14.9. The summed E-state index contributed by atoms with van der Waals surface area (Å²) in [6, 6.07) is 3.48. The first-order valence-corrected chi connectivity index (χ1v) is 8.85. The summed E-state index contributed by atoms with van der Waals surface area (Å²) in [5.74, 6) is -0.0869. The first-order valence-electron chi connectivity index (χ1n) is 7.18. The van der Waals surface area contributed by atoms with Gasteiger partial charge in [-0.05, 0) is 17.7 Å². The molecular weight excluding hydrogens is 413 g/mol. The summed E-state index contributed by atoms with van der Waals surface area (Å²) < 4.78 is 19.0. The van der Waals surface area contributed by atoms with Crippen molar-refractivity contribution in [3.05, 3.63) is 61.9 Å². The smallest absolute Gasteiger partial charge is 0.420 e. The van der Waals surface area contributed by atoms with E-state index in [9.17, 15) is 14.0 Å². The van der Waals surface area contributed by atoms with Crippen LogP contribution in [-0.2, 0) is 9.53 Å². The van der Waals surface area contributed by atoms with E-state index < -0.39 is 18.0 Å². The monoisotopic (exact) mass is 421 g/mol. The molecule has 126 valence electrons. The summed E-state index contributed by atoms with van der Waals surface area (Å²) in [5, 5.41) is 2.30. The van der Waals surface area contributed by atoms with Crippen molar-refractivity contribution in [1.82, 2.24) is 9.88 Å². The van der Waals surface area contributed by atoms with Crippen LogP contribution in [0, 0.1) is 5.82 Å². The van der Waals surface area contributed by atoms with Crippen LogP contribution in [0.25, 0.3) is 0 Å². The second-order valence-corrected chi connectivity index (χ2v) is 7.02. The molecule has 1 amide bonds. The third-order valence-corrected chi connectivity index (χ3v) is 5.34. The third kappa shape index (κ3) is 2.59. The number of aldehydes is 1. The predicted octanol–water partition coefficient (Wildman–Crippen LogP) is 3.45. The van der Waals surface area contributed by atoms with Gasteiger partial charge in [-0.1, -0.05) is 22.0 Å². The summed E-state index contributed by atoms with van der Waals surface area (Å²) in [4.78, 5) is 33.9. The number of amides is 1. The summed E-state index contributed by atoms with van der Waals surface area (Å²) in [6.07, 6.45) is 1.66. The maximum atomic E-state index is 13.4. The number of hydrogen-bond donors (Lipinski definition) is 0. The minimum Gasteiger partial charge on any atom is -0.442 e. The Morgan fingerprint density at radius 1 is 1.44 bits per heavy atom. The first-order chi connectivity index (χ1) is 12.1. The fourth-order valence-corrected chi connectivity index (χ4v) is 3.97. The molecule has 25 heavy (non-hydrogen) atoms. The summed E-state index contributed by atoms with van der Waals surface area (Å²) in [6.45, 7) is -0.0212. The van der Waals surface area contributed by atoms with Gasteiger partial charge in [0.25, 0.3) is 0 Å². The maximum Gasteiger partial charge on any atom is 0.420 e. The fourth-order valence-electron chi connectivity index (χ4n) is 2.78. The molecule has 1 saturated heterocycles. The highest BCUT2D eigenvalue weighted by molar-refractivity contribution is 9.10. The molecule has 1 aromatic carbocycles. The maximum absolute atomic E-state index is 13.4. The number of thiazole rings is 1. The lowest BCUT2D eigenvalue weighted by atomic mass is 9.96. The Hall–Kier alpha value is -2.39. The zero-order valence-electron chi connectivity index (χ0n) is 12.5. The standard InChI is InChI=1S/C16H9BrFN3O3S/c17-11-5-8(18)1-2-9(11)13-10(6-22)12-7-24-16(23)21(12)14(20-13)15-19-3-4-25-15/h1-6,13H,7H2. The van der Waals surface area contributed by atoms with E-state index in [1.807, 2.05) is 0 Å². The molecule has 2 aliphatic rings. The van der Waals surface area contributed by atoms with Crippen LogP contribution < -0.4 is 0 Å². The Morgan fingerprint density at radius 3 is 2.96 bits per heavy atom. The zero-order chi connectivity index (χ0) is 17.6. The number of benzene rings is 1. The molecule has 9 heteroatoms. The van der Waals surface area contributed by atoms with Gasteiger partial charge in [-0.2, -0.15) is 0 Å². The van der Waals surface area contributed by atoms with Gasteiger partial charge in [-0.25, -0.2) is 19.1 Å². The normalized spacial score (nSPS) is 19.6. The second kappa shape index (κ2) is 6.16. The molecule has 1 unspecified atom stereocenters. The number of hydrogen-bond acceptors (Lipinski definition) is 6. The number of ether oxygens (including phenoxy) is 1. The molecule has 3 heterocycles.